The van der Waals surface area contributed by atoms with E-state index in [9.17, 15) is 9.59 Å². The summed E-state index contributed by atoms with van der Waals surface area (Å²) in [4.78, 5) is 26.3. The molecule has 0 saturated carbocycles. The van der Waals surface area contributed by atoms with E-state index in [-0.39, 0.29) is 12.5 Å². The summed E-state index contributed by atoms with van der Waals surface area (Å²) in [7, 11) is 0. The first-order valence-corrected chi connectivity index (χ1v) is 8.63. The van der Waals surface area contributed by atoms with Crippen LogP contribution in [0.2, 0.25) is 0 Å². The standard InChI is InChI=1S/C19H17N5O3/c25-18-11-6-12-23(18)16-10-5-4-9-15(16)19(26)27-13-17-20-21-22-24(17)14-7-2-1-3-8-14/h1-5,7-10H,6,11-13H2. The molecule has 0 spiro atoms. The summed E-state index contributed by atoms with van der Waals surface area (Å²) in [6, 6.07) is 16.3. The number of hydrogen-bond donors (Lipinski definition) is 0. The minimum absolute atomic E-state index is 0.0169. The molecule has 1 aliphatic rings. The highest BCUT2D eigenvalue weighted by Gasteiger charge is 2.26. The van der Waals surface area contributed by atoms with E-state index in [1.54, 1.807) is 29.2 Å². The molecule has 1 amide bonds. The summed E-state index contributed by atoms with van der Waals surface area (Å²) < 4.78 is 6.95. The minimum atomic E-state index is -0.520. The van der Waals surface area contributed by atoms with Gasteiger partial charge in [-0.2, -0.15) is 4.68 Å². The van der Waals surface area contributed by atoms with Gasteiger partial charge in [-0.25, -0.2) is 4.79 Å². The van der Waals surface area contributed by atoms with Crippen LogP contribution in [0, 0.1) is 0 Å². The lowest BCUT2D eigenvalue weighted by atomic mass is 10.1. The molecule has 0 atom stereocenters. The fourth-order valence-corrected chi connectivity index (χ4v) is 3.06. The highest BCUT2D eigenvalue weighted by Crippen LogP contribution is 2.26. The second-order valence-electron chi connectivity index (χ2n) is 6.08. The van der Waals surface area contributed by atoms with Crippen molar-refractivity contribution < 1.29 is 14.3 Å². The molecule has 8 heteroatoms. The number of rotatable bonds is 5. The Bertz CT molecular complexity index is 970. The maximum atomic E-state index is 12.6. The summed E-state index contributed by atoms with van der Waals surface area (Å²) in [6.45, 7) is 0.526. The lowest BCUT2D eigenvalue weighted by Crippen LogP contribution is -2.26. The third-order valence-corrected chi connectivity index (χ3v) is 4.36. The number of anilines is 1. The van der Waals surface area contributed by atoms with E-state index >= 15 is 0 Å². The lowest BCUT2D eigenvalue weighted by Gasteiger charge is -2.18. The molecular formula is C19H17N5O3. The van der Waals surface area contributed by atoms with Crippen molar-refractivity contribution in [1.29, 1.82) is 0 Å². The van der Waals surface area contributed by atoms with Gasteiger partial charge >= 0.3 is 5.97 Å². The van der Waals surface area contributed by atoms with Crippen LogP contribution in [0.5, 0.6) is 0 Å². The molecule has 0 aliphatic carbocycles. The van der Waals surface area contributed by atoms with Crippen molar-refractivity contribution in [2.24, 2.45) is 0 Å². The van der Waals surface area contributed by atoms with Gasteiger partial charge in [0, 0.05) is 13.0 Å². The average molecular weight is 363 g/mol. The van der Waals surface area contributed by atoms with Gasteiger partial charge < -0.3 is 9.64 Å². The molecular weight excluding hydrogens is 346 g/mol. The molecule has 4 rings (SSSR count). The zero-order valence-electron chi connectivity index (χ0n) is 14.5. The van der Waals surface area contributed by atoms with Crippen LogP contribution in [0.3, 0.4) is 0 Å². The van der Waals surface area contributed by atoms with Crippen LogP contribution in [0.15, 0.2) is 54.6 Å². The second kappa shape index (κ2) is 7.36. The van der Waals surface area contributed by atoms with Gasteiger partial charge in [0.05, 0.1) is 16.9 Å². The van der Waals surface area contributed by atoms with Crippen LogP contribution in [0.4, 0.5) is 5.69 Å². The molecule has 136 valence electrons. The average Bonchev–Trinajstić information content (AvgIpc) is 3.35. The summed E-state index contributed by atoms with van der Waals surface area (Å²) in [6.07, 6.45) is 1.28. The molecule has 1 saturated heterocycles. The predicted octanol–water partition coefficient (Wildman–Crippen LogP) is 2.15. The fourth-order valence-electron chi connectivity index (χ4n) is 3.06. The Morgan fingerprint density at radius 1 is 1.07 bits per heavy atom. The van der Waals surface area contributed by atoms with E-state index in [4.69, 9.17) is 4.74 Å². The van der Waals surface area contributed by atoms with Gasteiger partial charge in [-0.05, 0) is 41.1 Å². The molecule has 3 aromatic rings. The summed E-state index contributed by atoms with van der Waals surface area (Å²) in [5.74, 6) is -0.0968. The molecule has 1 aromatic heterocycles. The molecule has 0 bridgehead atoms. The van der Waals surface area contributed by atoms with Crippen molar-refractivity contribution in [2.75, 3.05) is 11.4 Å². The number of carbonyl (C=O) groups excluding carboxylic acids is 2. The highest BCUT2D eigenvalue weighted by molar-refractivity contribution is 6.03. The van der Waals surface area contributed by atoms with E-state index in [1.165, 1.54) is 4.68 Å². The Morgan fingerprint density at radius 3 is 2.63 bits per heavy atom. The van der Waals surface area contributed by atoms with Gasteiger partial charge in [0.2, 0.25) is 5.91 Å². The SMILES string of the molecule is O=C(OCc1nnnn1-c1ccccc1)c1ccccc1N1CCCC1=O. The number of tetrazole rings is 1. The maximum absolute atomic E-state index is 12.6. The number of aromatic nitrogens is 4. The molecule has 0 N–H and O–H groups in total. The Kier molecular flexibility index (Phi) is 4.61. The van der Waals surface area contributed by atoms with Crippen molar-refractivity contribution in [2.45, 2.75) is 19.4 Å². The number of hydrogen-bond acceptors (Lipinski definition) is 6. The largest absolute Gasteiger partial charge is 0.454 e. The van der Waals surface area contributed by atoms with Gasteiger partial charge in [-0.15, -0.1) is 5.10 Å². The van der Waals surface area contributed by atoms with E-state index in [0.29, 0.717) is 30.0 Å². The van der Waals surface area contributed by atoms with E-state index in [0.717, 1.165) is 12.1 Å². The molecule has 2 heterocycles. The molecule has 0 unspecified atom stereocenters. The number of esters is 1. The smallest absolute Gasteiger partial charge is 0.340 e. The van der Waals surface area contributed by atoms with Crippen LogP contribution >= 0.6 is 0 Å². The van der Waals surface area contributed by atoms with Crippen LogP contribution in [0.1, 0.15) is 29.0 Å². The van der Waals surface area contributed by atoms with Crippen LogP contribution < -0.4 is 4.90 Å². The first-order chi connectivity index (χ1) is 13.2. The first-order valence-electron chi connectivity index (χ1n) is 8.63. The number of ether oxygens (including phenoxy) is 1. The van der Waals surface area contributed by atoms with Crippen LogP contribution in [-0.4, -0.2) is 38.6 Å². The van der Waals surface area contributed by atoms with E-state index in [1.807, 2.05) is 30.3 Å². The summed E-state index contributed by atoms with van der Waals surface area (Å²) >= 11 is 0. The van der Waals surface area contributed by atoms with Gasteiger partial charge in [0.1, 0.15) is 0 Å². The number of nitrogens with zero attached hydrogens (tertiary/aromatic N) is 5. The van der Waals surface area contributed by atoms with E-state index < -0.39 is 5.97 Å². The van der Waals surface area contributed by atoms with Crippen molar-refractivity contribution in [3.63, 3.8) is 0 Å². The number of benzene rings is 2. The zero-order chi connectivity index (χ0) is 18.6. The normalized spacial score (nSPS) is 13.8. The Labute approximate surface area is 155 Å². The quantitative estimate of drug-likeness (QED) is 0.645. The molecule has 1 aliphatic heterocycles. The number of amides is 1. The maximum Gasteiger partial charge on any atom is 0.340 e. The third-order valence-electron chi connectivity index (χ3n) is 4.36. The van der Waals surface area contributed by atoms with Crippen LogP contribution in [0.25, 0.3) is 5.69 Å². The third kappa shape index (κ3) is 3.41. The lowest BCUT2D eigenvalue weighted by molar-refractivity contribution is -0.117. The minimum Gasteiger partial charge on any atom is -0.454 e. The molecule has 2 aromatic carbocycles. The van der Waals surface area contributed by atoms with Gasteiger partial charge in [0.25, 0.3) is 0 Å². The highest BCUT2D eigenvalue weighted by atomic mass is 16.5. The van der Waals surface area contributed by atoms with Gasteiger partial charge in [-0.3, -0.25) is 4.79 Å². The molecule has 8 nitrogen and oxygen atoms in total. The Hall–Kier alpha value is -3.55. The van der Waals surface area contributed by atoms with Crippen molar-refractivity contribution in [3.05, 3.63) is 66.0 Å². The predicted molar refractivity (Wildman–Crippen MR) is 96.3 cm³/mol. The Morgan fingerprint density at radius 2 is 1.85 bits per heavy atom. The summed E-state index contributed by atoms with van der Waals surface area (Å²) in [5.41, 5.74) is 1.70. The molecule has 1 fully saturated rings. The number of para-hydroxylation sites is 2. The second-order valence-corrected chi connectivity index (χ2v) is 6.08. The zero-order valence-corrected chi connectivity index (χ0v) is 14.5. The van der Waals surface area contributed by atoms with Crippen LogP contribution in [-0.2, 0) is 16.1 Å². The number of carbonyl (C=O) groups is 2. The monoisotopic (exact) mass is 363 g/mol. The van der Waals surface area contributed by atoms with Gasteiger partial charge in [0.15, 0.2) is 12.4 Å². The molecule has 27 heavy (non-hydrogen) atoms. The Balaban J connectivity index is 1.52. The van der Waals surface area contributed by atoms with Crippen molar-refractivity contribution >= 4 is 17.6 Å². The van der Waals surface area contributed by atoms with E-state index in [2.05, 4.69) is 15.5 Å². The topological polar surface area (TPSA) is 90.2 Å². The van der Waals surface area contributed by atoms with Crippen molar-refractivity contribution in [3.8, 4) is 5.69 Å². The fraction of sp³-hybridized carbons (Fsp3) is 0.211. The van der Waals surface area contributed by atoms with Gasteiger partial charge in [-0.1, -0.05) is 30.3 Å². The summed E-state index contributed by atoms with van der Waals surface area (Å²) in [5, 5.41) is 11.5. The molecule has 0 radical (unpaired) electrons. The first kappa shape index (κ1) is 16.9. The van der Waals surface area contributed by atoms with Crippen molar-refractivity contribution in [1.82, 2.24) is 20.2 Å².